The SMILES string of the molecule is CC1CCC(O)C(N2CCC(CN3CCCC3)CC2)C1. The lowest BCUT2D eigenvalue weighted by atomic mass is 9.83. The summed E-state index contributed by atoms with van der Waals surface area (Å²) in [5.74, 6) is 1.70. The lowest BCUT2D eigenvalue weighted by Gasteiger charge is -2.43. The summed E-state index contributed by atoms with van der Waals surface area (Å²) in [6.07, 6.45) is 8.86. The molecule has 3 atom stereocenters. The van der Waals surface area contributed by atoms with E-state index in [1.165, 1.54) is 71.2 Å². The van der Waals surface area contributed by atoms with Crippen LogP contribution < -0.4 is 0 Å². The quantitative estimate of drug-likeness (QED) is 0.859. The fourth-order valence-corrected chi connectivity index (χ4v) is 4.52. The first-order chi connectivity index (χ1) is 9.72. The molecule has 1 aliphatic carbocycles. The van der Waals surface area contributed by atoms with E-state index in [0.29, 0.717) is 6.04 Å². The summed E-state index contributed by atoms with van der Waals surface area (Å²) in [4.78, 5) is 5.26. The minimum atomic E-state index is -0.0682. The van der Waals surface area contributed by atoms with Gasteiger partial charge in [-0.25, -0.2) is 0 Å². The molecule has 3 rings (SSSR count). The maximum atomic E-state index is 10.3. The van der Waals surface area contributed by atoms with Crippen LogP contribution in [0.25, 0.3) is 0 Å². The van der Waals surface area contributed by atoms with Gasteiger partial charge in [0.25, 0.3) is 0 Å². The number of hydrogen-bond donors (Lipinski definition) is 1. The standard InChI is InChI=1S/C17H32N2O/c1-14-4-5-17(20)16(12-14)19-10-6-15(7-11-19)13-18-8-2-3-9-18/h14-17,20H,2-13H2,1H3. The molecule has 3 unspecified atom stereocenters. The van der Waals surface area contributed by atoms with E-state index in [0.717, 1.165) is 18.3 Å². The van der Waals surface area contributed by atoms with E-state index in [4.69, 9.17) is 0 Å². The minimum absolute atomic E-state index is 0.0682. The second-order valence-corrected chi connectivity index (χ2v) is 7.54. The van der Waals surface area contributed by atoms with Gasteiger partial charge < -0.3 is 10.0 Å². The lowest BCUT2D eigenvalue weighted by Crippen LogP contribution is -2.50. The fraction of sp³-hybridized carbons (Fsp3) is 1.00. The molecule has 3 nitrogen and oxygen atoms in total. The summed E-state index contributed by atoms with van der Waals surface area (Å²) in [5, 5.41) is 10.3. The predicted molar refractivity (Wildman–Crippen MR) is 82.8 cm³/mol. The highest BCUT2D eigenvalue weighted by Gasteiger charge is 2.34. The summed E-state index contributed by atoms with van der Waals surface area (Å²) < 4.78 is 0. The topological polar surface area (TPSA) is 26.7 Å². The Morgan fingerprint density at radius 2 is 1.65 bits per heavy atom. The normalized spacial score (nSPS) is 38.4. The van der Waals surface area contributed by atoms with Crippen LogP contribution in [-0.2, 0) is 0 Å². The molecule has 3 heteroatoms. The molecule has 0 bridgehead atoms. The van der Waals surface area contributed by atoms with E-state index < -0.39 is 0 Å². The first kappa shape index (κ1) is 14.8. The minimum Gasteiger partial charge on any atom is -0.391 e. The van der Waals surface area contributed by atoms with E-state index in [-0.39, 0.29) is 6.10 Å². The van der Waals surface area contributed by atoms with Gasteiger partial charge >= 0.3 is 0 Å². The zero-order chi connectivity index (χ0) is 13.9. The van der Waals surface area contributed by atoms with Crippen LogP contribution in [0, 0.1) is 11.8 Å². The van der Waals surface area contributed by atoms with Crippen LogP contribution in [0.1, 0.15) is 51.9 Å². The molecular weight excluding hydrogens is 248 g/mol. The van der Waals surface area contributed by atoms with Crippen molar-refractivity contribution in [2.45, 2.75) is 64.0 Å². The Balaban J connectivity index is 1.45. The molecule has 0 amide bonds. The highest BCUT2D eigenvalue weighted by Crippen LogP contribution is 2.31. The monoisotopic (exact) mass is 280 g/mol. The van der Waals surface area contributed by atoms with E-state index >= 15 is 0 Å². The number of rotatable bonds is 3. The number of piperidine rings is 1. The summed E-state index contributed by atoms with van der Waals surface area (Å²) in [7, 11) is 0. The molecule has 0 aromatic rings. The Hall–Kier alpha value is -0.120. The van der Waals surface area contributed by atoms with Gasteiger partial charge in [0.1, 0.15) is 0 Å². The summed E-state index contributed by atoms with van der Waals surface area (Å²) in [6, 6.07) is 0.450. The molecule has 3 aliphatic rings. The number of likely N-dealkylation sites (tertiary alicyclic amines) is 2. The van der Waals surface area contributed by atoms with Crippen LogP contribution in [-0.4, -0.2) is 59.8 Å². The van der Waals surface area contributed by atoms with Crippen molar-refractivity contribution in [1.82, 2.24) is 9.80 Å². The smallest absolute Gasteiger partial charge is 0.0695 e. The second kappa shape index (κ2) is 6.76. The third kappa shape index (κ3) is 3.55. The molecule has 0 radical (unpaired) electrons. The largest absolute Gasteiger partial charge is 0.391 e. The molecule has 0 spiro atoms. The van der Waals surface area contributed by atoms with Crippen molar-refractivity contribution in [3.63, 3.8) is 0 Å². The Labute approximate surface area is 124 Å². The van der Waals surface area contributed by atoms with Gasteiger partial charge in [-0.05, 0) is 83.0 Å². The molecule has 2 saturated heterocycles. The van der Waals surface area contributed by atoms with Gasteiger partial charge in [-0.15, -0.1) is 0 Å². The van der Waals surface area contributed by atoms with E-state index in [9.17, 15) is 5.11 Å². The summed E-state index contributed by atoms with van der Waals surface area (Å²) in [6.45, 7) is 8.77. The van der Waals surface area contributed by atoms with E-state index in [1.54, 1.807) is 0 Å². The van der Waals surface area contributed by atoms with Crippen LogP contribution in [0.15, 0.2) is 0 Å². The molecule has 116 valence electrons. The third-order valence-electron chi connectivity index (χ3n) is 5.88. The maximum Gasteiger partial charge on any atom is 0.0695 e. The van der Waals surface area contributed by atoms with Gasteiger partial charge in [0.05, 0.1) is 6.10 Å². The van der Waals surface area contributed by atoms with Crippen molar-refractivity contribution in [2.24, 2.45) is 11.8 Å². The zero-order valence-corrected chi connectivity index (χ0v) is 13.1. The summed E-state index contributed by atoms with van der Waals surface area (Å²) in [5.41, 5.74) is 0. The van der Waals surface area contributed by atoms with Crippen molar-refractivity contribution in [3.05, 3.63) is 0 Å². The van der Waals surface area contributed by atoms with Gasteiger partial charge in [0.2, 0.25) is 0 Å². The molecule has 1 saturated carbocycles. The average Bonchev–Trinajstić information content (AvgIpc) is 2.95. The van der Waals surface area contributed by atoms with Crippen LogP contribution in [0.4, 0.5) is 0 Å². The predicted octanol–water partition coefficient (Wildman–Crippen LogP) is 2.34. The highest BCUT2D eigenvalue weighted by atomic mass is 16.3. The van der Waals surface area contributed by atoms with Gasteiger partial charge in [-0.1, -0.05) is 6.92 Å². The Kier molecular flexibility index (Phi) is 5.00. The van der Waals surface area contributed by atoms with E-state index in [2.05, 4.69) is 16.7 Å². The third-order valence-corrected chi connectivity index (χ3v) is 5.88. The number of hydrogen-bond acceptors (Lipinski definition) is 3. The molecule has 3 fully saturated rings. The van der Waals surface area contributed by atoms with Crippen LogP contribution in [0.2, 0.25) is 0 Å². The van der Waals surface area contributed by atoms with Crippen molar-refractivity contribution in [2.75, 3.05) is 32.7 Å². The molecule has 0 aromatic carbocycles. The number of nitrogens with zero attached hydrogens (tertiary/aromatic N) is 2. The maximum absolute atomic E-state index is 10.3. The summed E-state index contributed by atoms with van der Waals surface area (Å²) >= 11 is 0. The van der Waals surface area contributed by atoms with Crippen LogP contribution in [0.3, 0.4) is 0 Å². The Morgan fingerprint density at radius 3 is 2.35 bits per heavy atom. The lowest BCUT2D eigenvalue weighted by molar-refractivity contribution is -0.0104. The highest BCUT2D eigenvalue weighted by molar-refractivity contribution is 4.88. The van der Waals surface area contributed by atoms with Crippen molar-refractivity contribution >= 4 is 0 Å². The fourth-order valence-electron chi connectivity index (χ4n) is 4.52. The van der Waals surface area contributed by atoms with Gasteiger partial charge in [0.15, 0.2) is 0 Å². The molecule has 2 aliphatic heterocycles. The van der Waals surface area contributed by atoms with Gasteiger partial charge in [-0.2, -0.15) is 0 Å². The first-order valence-electron chi connectivity index (χ1n) is 8.87. The molecule has 1 N–H and O–H groups in total. The van der Waals surface area contributed by atoms with Crippen molar-refractivity contribution in [1.29, 1.82) is 0 Å². The molecule has 2 heterocycles. The second-order valence-electron chi connectivity index (χ2n) is 7.54. The van der Waals surface area contributed by atoms with Gasteiger partial charge in [0, 0.05) is 12.6 Å². The number of aliphatic hydroxyl groups is 1. The molecule has 0 aromatic heterocycles. The zero-order valence-electron chi connectivity index (χ0n) is 13.1. The Morgan fingerprint density at radius 1 is 0.950 bits per heavy atom. The Bertz CT molecular complexity index is 295. The number of aliphatic hydroxyl groups excluding tert-OH is 1. The average molecular weight is 280 g/mol. The first-order valence-corrected chi connectivity index (χ1v) is 8.87. The van der Waals surface area contributed by atoms with Crippen molar-refractivity contribution in [3.8, 4) is 0 Å². The van der Waals surface area contributed by atoms with E-state index in [1.807, 2.05) is 0 Å². The van der Waals surface area contributed by atoms with Gasteiger partial charge in [-0.3, -0.25) is 4.90 Å². The molecule has 20 heavy (non-hydrogen) atoms. The van der Waals surface area contributed by atoms with Crippen LogP contribution in [0.5, 0.6) is 0 Å². The molecular formula is C17H32N2O. The van der Waals surface area contributed by atoms with Crippen LogP contribution >= 0.6 is 0 Å². The van der Waals surface area contributed by atoms with Crippen molar-refractivity contribution < 1.29 is 5.11 Å².